The SMILES string of the molecule is CC(O)c1cc(Cl)ccc1OCCN1CCNC1=O. The lowest BCUT2D eigenvalue weighted by Gasteiger charge is -2.17. The van der Waals surface area contributed by atoms with Crippen molar-refractivity contribution in [1.82, 2.24) is 10.2 Å². The van der Waals surface area contributed by atoms with Crippen molar-refractivity contribution in [2.24, 2.45) is 0 Å². The van der Waals surface area contributed by atoms with Crippen LogP contribution >= 0.6 is 11.6 Å². The van der Waals surface area contributed by atoms with E-state index in [2.05, 4.69) is 5.32 Å². The molecule has 2 rings (SSSR count). The Morgan fingerprint density at radius 3 is 3.00 bits per heavy atom. The number of carbonyl (C=O) groups is 1. The standard InChI is InChI=1S/C13H17ClN2O3/c1-9(17)11-8-10(14)2-3-12(11)19-7-6-16-5-4-15-13(16)18/h2-3,8-9,17H,4-7H2,1H3,(H,15,18). The zero-order chi connectivity index (χ0) is 13.8. The van der Waals surface area contributed by atoms with Crippen molar-refractivity contribution >= 4 is 17.6 Å². The van der Waals surface area contributed by atoms with Gasteiger partial charge in [0.15, 0.2) is 0 Å². The fourth-order valence-corrected chi connectivity index (χ4v) is 2.15. The topological polar surface area (TPSA) is 61.8 Å². The highest BCUT2D eigenvalue weighted by Gasteiger charge is 2.19. The summed E-state index contributed by atoms with van der Waals surface area (Å²) in [7, 11) is 0. The van der Waals surface area contributed by atoms with Crippen LogP contribution in [0.1, 0.15) is 18.6 Å². The van der Waals surface area contributed by atoms with Crippen molar-refractivity contribution < 1.29 is 14.6 Å². The van der Waals surface area contributed by atoms with Crippen LogP contribution in [-0.4, -0.2) is 42.3 Å². The van der Waals surface area contributed by atoms with E-state index in [9.17, 15) is 9.90 Å². The van der Waals surface area contributed by atoms with E-state index < -0.39 is 6.10 Å². The maximum absolute atomic E-state index is 11.3. The highest BCUT2D eigenvalue weighted by atomic mass is 35.5. The lowest BCUT2D eigenvalue weighted by molar-refractivity contribution is 0.184. The second-order valence-electron chi connectivity index (χ2n) is 4.43. The third-order valence-electron chi connectivity index (χ3n) is 2.99. The second kappa shape index (κ2) is 6.12. The molecule has 0 radical (unpaired) electrons. The van der Waals surface area contributed by atoms with Crippen molar-refractivity contribution in [3.63, 3.8) is 0 Å². The minimum Gasteiger partial charge on any atom is -0.491 e. The molecule has 1 fully saturated rings. The number of hydrogen-bond acceptors (Lipinski definition) is 3. The number of rotatable bonds is 5. The van der Waals surface area contributed by atoms with Gasteiger partial charge in [-0.1, -0.05) is 11.6 Å². The van der Waals surface area contributed by atoms with Crippen molar-refractivity contribution in [1.29, 1.82) is 0 Å². The molecule has 0 aromatic heterocycles. The number of nitrogens with zero attached hydrogens (tertiary/aromatic N) is 1. The second-order valence-corrected chi connectivity index (χ2v) is 4.86. The smallest absolute Gasteiger partial charge is 0.317 e. The summed E-state index contributed by atoms with van der Waals surface area (Å²) in [5.41, 5.74) is 0.651. The predicted octanol–water partition coefficient (Wildman–Crippen LogP) is 1.80. The first-order chi connectivity index (χ1) is 9.08. The molecule has 2 N–H and O–H groups in total. The third-order valence-corrected chi connectivity index (χ3v) is 3.22. The molecule has 1 aromatic carbocycles. The van der Waals surface area contributed by atoms with Crippen LogP contribution in [0.15, 0.2) is 18.2 Å². The third kappa shape index (κ3) is 3.52. The fourth-order valence-electron chi connectivity index (χ4n) is 1.97. The van der Waals surface area contributed by atoms with Crippen molar-refractivity contribution in [3.05, 3.63) is 28.8 Å². The molecular formula is C13H17ClN2O3. The highest BCUT2D eigenvalue weighted by molar-refractivity contribution is 6.30. The predicted molar refractivity (Wildman–Crippen MR) is 72.6 cm³/mol. The van der Waals surface area contributed by atoms with Crippen LogP contribution in [0, 0.1) is 0 Å². The Morgan fingerprint density at radius 1 is 1.58 bits per heavy atom. The van der Waals surface area contributed by atoms with E-state index in [0.717, 1.165) is 0 Å². The summed E-state index contributed by atoms with van der Waals surface area (Å²) >= 11 is 5.89. The highest BCUT2D eigenvalue weighted by Crippen LogP contribution is 2.28. The van der Waals surface area contributed by atoms with Gasteiger partial charge >= 0.3 is 6.03 Å². The van der Waals surface area contributed by atoms with E-state index in [1.54, 1.807) is 30.0 Å². The number of aliphatic hydroxyl groups is 1. The molecule has 104 valence electrons. The minimum absolute atomic E-state index is 0.0598. The molecule has 1 saturated heterocycles. The Bertz CT molecular complexity index is 465. The monoisotopic (exact) mass is 284 g/mol. The van der Waals surface area contributed by atoms with Gasteiger partial charge in [0.2, 0.25) is 0 Å². The van der Waals surface area contributed by atoms with Gasteiger partial charge in [0.25, 0.3) is 0 Å². The average molecular weight is 285 g/mol. The van der Waals surface area contributed by atoms with Crippen molar-refractivity contribution in [2.45, 2.75) is 13.0 Å². The van der Waals surface area contributed by atoms with Crippen LogP contribution in [0.5, 0.6) is 5.75 Å². The molecule has 0 spiro atoms. The molecule has 1 aliphatic heterocycles. The van der Waals surface area contributed by atoms with Gasteiger partial charge in [-0.15, -0.1) is 0 Å². The van der Waals surface area contributed by atoms with Gasteiger partial charge in [-0.3, -0.25) is 0 Å². The number of ether oxygens (including phenoxy) is 1. The van der Waals surface area contributed by atoms with Gasteiger partial charge in [-0.2, -0.15) is 0 Å². The lowest BCUT2D eigenvalue weighted by Crippen LogP contribution is -2.31. The maximum Gasteiger partial charge on any atom is 0.317 e. The number of hydrogen-bond donors (Lipinski definition) is 2. The fraction of sp³-hybridized carbons (Fsp3) is 0.462. The summed E-state index contributed by atoms with van der Waals surface area (Å²) in [6.45, 7) is 3.94. The van der Waals surface area contributed by atoms with E-state index in [4.69, 9.17) is 16.3 Å². The molecule has 0 bridgehead atoms. The number of urea groups is 1. The van der Waals surface area contributed by atoms with E-state index in [0.29, 0.717) is 42.6 Å². The molecule has 6 heteroatoms. The zero-order valence-electron chi connectivity index (χ0n) is 10.7. The molecule has 1 aromatic rings. The Balaban J connectivity index is 1.93. The Morgan fingerprint density at radius 2 is 2.37 bits per heavy atom. The van der Waals surface area contributed by atoms with Crippen LogP contribution in [0.3, 0.4) is 0 Å². The Labute approximate surface area is 117 Å². The van der Waals surface area contributed by atoms with Crippen LogP contribution in [0.4, 0.5) is 4.79 Å². The number of amides is 2. The van der Waals surface area contributed by atoms with Gasteiger partial charge in [-0.25, -0.2) is 4.79 Å². The van der Waals surface area contributed by atoms with Gasteiger partial charge in [0.1, 0.15) is 12.4 Å². The Kier molecular flexibility index (Phi) is 4.50. The summed E-state index contributed by atoms with van der Waals surface area (Å²) in [5.74, 6) is 0.596. The molecule has 1 unspecified atom stereocenters. The van der Waals surface area contributed by atoms with E-state index >= 15 is 0 Å². The maximum atomic E-state index is 11.3. The molecule has 2 amide bonds. The summed E-state index contributed by atoms with van der Waals surface area (Å²) < 4.78 is 5.62. The molecule has 19 heavy (non-hydrogen) atoms. The number of benzene rings is 1. The summed E-state index contributed by atoms with van der Waals surface area (Å²) in [6.07, 6.45) is -0.649. The first-order valence-corrected chi connectivity index (χ1v) is 6.59. The van der Waals surface area contributed by atoms with Gasteiger partial charge in [-0.05, 0) is 25.1 Å². The van der Waals surface area contributed by atoms with Crippen molar-refractivity contribution in [3.8, 4) is 5.75 Å². The zero-order valence-corrected chi connectivity index (χ0v) is 11.5. The molecule has 1 aliphatic rings. The average Bonchev–Trinajstić information content (AvgIpc) is 2.77. The number of aliphatic hydroxyl groups excluding tert-OH is 1. The molecule has 1 heterocycles. The van der Waals surface area contributed by atoms with Crippen LogP contribution in [0.2, 0.25) is 5.02 Å². The first-order valence-electron chi connectivity index (χ1n) is 6.21. The molecular weight excluding hydrogens is 268 g/mol. The van der Waals surface area contributed by atoms with E-state index in [1.807, 2.05) is 0 Å². The molecule has 5 nitrogen and oxygen atoms in total. The number of halogens is 1. The summed E-state index contributed by atoms with van der Waals surface area (Å²) in [6, 6.07) is 5.07. The molecule has 0 saturated carbocycles. The number of nitrogens with one attached hydrogen (secondary N) is 1. The summed E-state index contributed by atoms with van der Waals surface area (Å²) in [5, 5.41) is 13.0. The summed E-state index contributed by atoms with van der Waals surface area (Å²) in [4.78, 5) is 13.0. The quantitative estimate of drug-likeness (QED) is 0.867. The van der Waals surface area contributed by atoms with Gasteiger partial charge < -0.3 is 20.1 Å². The van der Waals surface area contributed by atoms with Crippen LogP contribution < -0.4 is 10.1 Å². The van der Waals surface area contributed by atoms with Crippen molar-refractivity contribution in [2.75, 3.05) is 26.2 Å². The normalized spacial score (nSPS) is 16.4. The molecule has 1 atom stereocenters. The van der Waals surface area contributed by atoms with Gasteiger partial charge in [0, 0.05) is 23.7 Å². The van der Waals surface area contributed by atoms with E-state index in [1.165, 1.54) is 0 Å². The van der Waals surface area contributed by atoms with Crippen LogP contribution in [0.25, 0.3) is 0 Å². The van der Waals surface area contributed by atoms with E-state index in [-0.39, 0.29) is 6.03 Å². The lowest BCUT2D eigenvalue weighted by atomic mass is 10.1. The first kappa shape index (κ1) is 14.0. The van der Waals surface area contributed by atoms with Gasteiger partial charge in [0.05, 0.1) is 12.6 Å². The Hall–Kier alpha value is -1.46. The molecule has 0 aliphatic carbocycles. The number of carbonyl (C=O) groups excluding carboxylic acids is 1. The largest absolute Gasteiger partial charge is 0.491 e. The minimum atomic E-state index is -0.649. The van der Waals surface area contributed by atoms with Crippen LogP contribution in [-0.2, 0) is 0 Å².